The number of imide groups is 1. The number of hydrogen-bond acceptors (Lipinski definition) is 6. The second-order valence-electron chi connectivity index (χ2n) is 7.73. The van der Waals surface area contributed by atoms with E-state index in [4.69, 9.17) is 9.47 Å². The summed E-state index contributed by atoms with van der Waals surface area (Å²) in [5.41, 5.74) is 2.20. The molecule has 0 radical (unpaired) electrons. The first-order chi connectivity index (χ1) is 17.4. The summed E-state index contributed by atoms with van der Waals surface area (Å²) in [5.74, 6) is -1.13. The molecule has 0 aliphatic rings. The Labute approximate surface area is 208 Å². The average molecular weight is 490 g/mol. The number of ether oxygens (including phenoxy) is 2. The van der Waals surface area contributed by atoms with E-state index in [1.165, 1.54) is 6.07 Å². The molecule has 0 aliphatic carbocycles. The van der Waals surface area contributed by atoms with E-state index in [1.807, 2.05) is 54.6 Å². The lowest BCUT2D eigenvalue weighted by Crippen LogP contribution is -2.41. The molecule has 0 unspecified atom stereocenters. The monoisotopic (exact) mass is 489 g/mol. The van der Waals surface area contributed by atoms with Crippen LogP contribution in [0.4, 0.5) is 10.5 Å². The number of aryl methyl sites for hydroxylation is 1. The molecule has 36 heavy (non-hydrogen) atoms. The topological polar surface area (TPSA) is 123 Å². The minimum absolute atomic E-state index is 0.0941. The van der Waals surface area contributed by atoms with Gasteiger partial charge in [0.25, 0.3) is 5.91 Å². The fourth-order valence-corrected chi connectivity index (χ4v) is 3.23. The summed E-state index contributed by atoms with van der Waals surface area (Å²) in [4.78, 5) is 48.8. The zero-order valence-corrected chi connectivity index (χ0v) is 19.8. The lowest BCUT2D eigenvalue weighted by atomic mass is 10.1. The van der Waals surface area contributed by atoms with Gasteiger partial charge >= 0.3 is 12.0 Å². The van der Waals surface area contributed by atoms with E-state index < -0.39 is 24.5 Å². The highest BCUT2D eigenvalue weighted by molar-refractivity contribution is 6.02. The standard InChI is InChI=1S/C27H27N3O6/c1-35-21-14-11-19(12-15-21)13-16-24(31)29-23-10-6-5-9-22(23)26(33)36-18-25(32)30-27(34)28-17-20-7-3-2-4-8-20/h2-12,14-15H,13,16-18H2,1H3,(H,29,31)(H2,28,30,32,34). The second-order valence-corrected chi connectivity index (χ2v) is 7.73. The number of esters is 1. The van der Waals surface area contributed by atoms with Crippen LogP contribution in [0.1, 0.15) is 27.9 Å². The molecule has 3 N–H and O–H groups in total. The lowest BCUT2D eigenvalue weighted by Gasteiger charge is -2.11. The van der Waals surface area contributed by atoms with Crippen LogP contribution in [0.15, 0.2) is 78.9 Å². The van der Waals surface area contributed by atoms with Gasteiger partial charge in [-0.05, 0) is 41.8 Å². The molecular weight excluding hydrogens is 462 g/mol. The van der Waals surface area contributed by atoms with Crippen molar-refractivity contribution in [3.8, 4) is 5.75 Å². The van der Waals surface area contributed by atoms with Crippen LogP contribution in [0, 0.1) is 0 Å². The molecular formula is C27H27N3O6. The molecule has 0 saturated heterocycles. The maximum atomic E-state index is 12.5. The van der Waals surface area contributed by atoms with Gasteiger partial charge in [0.05, 0.1) is 18.4 Å². The molecule has 0 atom stereocenters. The van der Waals surface area contributed by atoms with Crippen LogP contribution in [-0.4, -0.2) is 37.5 Å². The van der Waals surface area contributed by atoms with Crippen LogP contribution in [0.2, 0.25) is 0 Å². The first-order valence-corrected chi connectivity index (χ1v) is 11.2. The Bertz CT molecular complexity index is 1200. The Balaban J connectivity index is 1.45. The maximum absolute atomic E-state index is 12.5. The van der Waals surface area contributed by atoms with E-state index in [0.717, 1.165) is 16.9 Å². The van der Waals surface area contributed by atoms with Crippen molar-refractivity contribution in [2.45, 2.75) is 19.4 Å². The predicted molar refractivity (Wildman–Crippen MR) is 133 cm³/mol. The van der Waals surface area contributed by atoms with E-state index in [-0.39, 0.29) is 30.1 Å². The first kappa shape index (κ1) is 26.0. The number of para-hydroxylation sites is 1. The number of carbonyl (C=O) groups is 4. The summed E-state index contributed by atoms with van der Waals surface area (Å²) in [6.07, 6.45) is 0.713. The second kappa shape index (κ2) is 13.3. The third-order valence-corrected chi connectivity index (χ3v) is 5.10. The van der Waals surface area contributed by atoms with Crippen molar-refractivity contribution in [1.82, 2.24) is 10.6 Å². The quantitative estimate of drug-likeness (QED) is 0.375. The van der Waals surface area contributed by atoms with Crippen molar-refractivity contribution in [2.24, 2.45) is 0 Å². The number of methoxy groups -OCH3 is 1. The molecule has 0 heterocycles. The molecule has 9 heteroatoms. The van der Waals surface area contributed by atoms with Crippen molar-refractivity contribution in [3.63, 3.8) is 0 Å². The molecule has 0 aliphatic heterocycles. The summed E-state index contributed by atoms with van der Waals surface area (Å²) in [6, 6.07) is 22.2. The van der Waals surface area contributed by atoms with E-state index in [9.17, 15) is 19.2 Å². The molecule has 3 aromatic rings. The molecule has 0 aromatic heterocycles. The number of rotatable bonds is 10. The molecule has 0 saturated carbocycles. The van der Waals surface area contributed by atoms with Crippen LogP contribution in [0.25, 0.3) is 0 Å². The van der Waals surface area contributed by atoms with Crippen LogP contribution in [-0.2, 0) is 27.3 Å². The number of nitrogens with one attached hydrogen (secondary N) is 3. The fourth-order valence-electron chi connectivity index (χ4n) is 3.23. The Morgan fingerprint density at radius 1 is 0.778 bits per heavy atom. The van der Waals surface area contributed by atoms with Crippen LogP contribution in [0.3, 0.4) is 0 Å². The van der Waals surface area contributed by atoms with Crippen LogP contribution in [0.5, 0.6) is 5.75 Å². The van der Waals surface area contributed by atoms with Gasteiger partial charge in [-0.15, -0.1) is 0 Å². The third-order valence-electron chi connectivity index (χ3n) is 5.10. The van der Waals surface area contributed by atoms with Gasteiger partial charge in [0.1, 0.15) is 5.75 Å². The van der Waals surface area contributed by atoms with Gasteiger partial charge in [0.2, 0.25) is 5.91 Å². The molecule has 3 rings (SSSR count). The average Bonchev–Trinajstić information content (AvgIpc) is 2.90. The van der Waals surface area contributed by atoms with Gasteiger partial charge in [-0.25, -0.2) is 9.59 Å². The maximum Gasteiger partial charge on any atom is 0.340 e. The van der Waals surface area contributed by atoms with E-state index in [0.29, 0.717) is 6.42 Å². The van der Waals surface area contributed by atoms with Crippen molar-refractivity contribution in [2.75, 3.05) is 19.0 Å². The summed E-state index contributed by atoms with van der Waals surface area (Å²) in [5, 5.41) is 7.35. The predicted octanol–water partition coefficient (Wildman–Crippen LogP) is 3.45. The normalized spacial score (nSPS) is 10.1. The van der Waals surface area contributed by atoms with Gasteiger partial charge in [-0.3, -0.25) is 14.9 Å². The van der Waals surface area contributed by atoms with Crippen molar-refractivity contribution in [3.05, 3.63) is 95.6 Å². The highest BCUT2D eigenvalue weighted by atomic mass is 16.5. The highest BCUT2D eigenvalue weighted by Crippen LogP contribution is 2.17. The minimum atomic E-state index is -0.805. The van der Waals surface area contributed by atoms with Crippen LogP contribution < -0.4 is 20.7 Å². The van der Waals surface area contributed by atoms with Gasteiger partial charge in [0, 0.05) is 13.0 Å². The molecule has 4 amide bonds. The van der Waals surface area contributed by atoms with Crippen molar-refractivity contribution in [1.29, 1.82) is 0 Å². The summed E-state index contributed by atoms with van der Waals surface area (Å²) >= 11 is 0. The molecule has 9 nitrogen and oxygen atoms in total. The van der Waals surface area contributed by atoms with E-state index in [1.54, 1.807) is 25.3 Å². The smallest absolute Gasteiger partial charge is 0.340 e. The Morgan fingerprint density at radius 3 is 2.19 bits per heavy atom. The molecule has 0 fully saturated rings. The highest BCUT2D eigenvalue weighted by Gasteiger charge is 2.17. The third kappa shape index (κ3) is 8.28. The molecule has 3 aromatic carbocycles. The summed E-state index contributed by atoms with van der Waals surface area (Å²) < 4.78 is 10.2. The number of benzene rings is 3. The minimum Gasteiger partial charge on any atom is -0.497 e. The number of hydrogen-bond donors (Lipinski definition) is 3. The van der Waals surface area contributed by atoms with Gasteiger partial charge in [0.15, 0.2) is 6.61 Å². The van der Waals surface area contributed by atoms with Crippen LogP contribution >= 0.6 is 0 Å². The molecule has 0 bridgehead atoms. The lowest BCUT2D eigenvalue weighted by molar-refractivity contribution is -0.123. The van der Waals surface area contributed by atoms with E-state index in [2.05, 4.69) is 16.0 Å². The van der Waals surface area contributed by atoms with Gasteiger partial charge in [-0.1, -0.05) is 54.6 Å². The Kier molecular flexibility index (Phi) is 9.58. The van der Waals surface area contributed by atoms with E-state index >= 15 is 0 Å². The van der Waals surface area contributed by atoms with Crippen molar-refractivity contribution >= 4 is 29.5 Å². The zero-order valence-electron chi connectivity index (χ0n) is 19.8. The Hall–Kier alpha value is -4.66. The number of anilines is 1. The Morgan fingerprint density at radius 2 is 1.47 bits per heavy atom. The number of urea groups is 1. The zero-order chi connectivity index (χ0) is 25.8. The number of carbonyl (C=O) groups excluding carboxylic acids is 4. The SMILES string of the molecule is COc1ccc(CCC(=O)Nc2ccccc2C(=O)OCC(=O)NC(=O)NCc2ccccc2)cc1. The fraction of sp³-hybridized carbons (Fsp3) is 0.185. The molecule has 186 valence electrons. The van der Waals surface area contributed by atoms with Gasteiger partial charge < -0.3 is 20.1 Å². The molecule has 0 spiro atoms. The summed E-state index contributed by atoms with van der Waals surface area (Å²) in [6.45, 7) is -0.414. The summed E-state index contributed by atoms with van der Waals surface area (Å²) in [7, 11) is 1.58. The van der Waals surface area contributed by atoms with Crippen molar-refractivity contribution < 1.29 is 28.7 Å². The number of amides is 4. The van der Waals surface area contributed by atoms with Gasteiger partial charge in [-0.2, -0.15) is 0 Å². The largest absolute Gasteiger partial charge is 0.497 e. The first-order valence-electron chi connectivity index (χ1n) is 11.2.